The Kier molecular flexibility index (Phi) is 3.53. The first kappa shape index (κ1) is 13.9. The van der Waals surface area contributed by atoms with Crippen LogP contribution in [0, 0.1) is 0 Å². The molecule has 1 aliphatic heterocycles. The minimum atomic E-state index is -4.45. The van der Waals surface area contributed by atoms with E-state index in [0.717, 1.165) is 6.92 Å². The van der Waals surface area contributed by atoms with Gasteiger partial charge in [-0.3, -0.25) is 9.48 Å². The number of hydrogen-bond acceptors (Lipinski definition) is 3. The lowest BCUT2D eigenvalue weighted by molar-refractivity contribution is -0.149. The lowest BCUT2D eigenvalue weighted by Crippen LogP contribution is -2.44. The smallest absolute Gasteiger partial charge is 0.340 e. The van der Waals surface area contributed by atoms with Crippen molar-refractivity contribution >= 4 is 5.91 Å². The quantitative estimate of drug-likeness (QED) is 0.849. The van der Waals surface area contributed by atoms with Gasteiger partial charge in [-0.1, -0.05) is 0 Å². The first-order valence-electron chi connectivity index (χ1n) is 5.94. The van der Waals surface area contributed by atoms with Crippen LogP contribution in [0.3, 0.4) is 0 Å². The summed E-state index contributed by atoms with van der Waals surface area (Å²) in [6.45, 7) is 3.89. The topological polar surface area (TPSA) is 59.0 Å². The normalized spacial score (nSPS) is 20.8. The van der Waals surface area contributed by atoms with E-state index < -0.39 is 18.1 Å². The molecular weight excluding hydrogens is 261 g/mol. The van der Waals surface area contributed by atoms with Gasteiger partial charge in [-0.2, -0.15) is 18.3 Å². The van der Waals surface area contributed by atoms with Gasteiger partial charge in [-0.05, 0) is 13.8 Å². The van der Waals surface area contributed by atoms with Gasteiger partial charge in [0, 0.05) is 12.6 Å². The van der Waals surface area contributed by atoms with Gasteiger partial charge in [0.25, 0.3) is 5.91 Å². The molecule has 2 N–H and O–H groups in total. The predicted octanol–water partition coefficient (Wildman–Crippen LogP) is 1.06. The van der Waals surface area contributed by atoms with Gasteiger partial charge in [0.1, 0.15) is 6.04 Å². The number of carbonyl (C=O) groups excluding carboxylic acids is 1. The number of fused-ring (bicyclic) bond motifs is 1. The average Bonchev–Trinajstić information content (AvgIpc) is 2.70. The third kappa shape index (κ3) is 2.89. The second-order valence-corrected chi connectivity index (χ2v) is 4.71. The summed E-state index contributed by atoms with van der Waals surface area (Å²) in [5.74, 6) is -0.748. The zero-order valence-corrected chi connectivity index (χ0v) is 10.6. The van der Waals surface area contributed by atoms with Crippen molar-refractivity contribution in [2.24, 2.45) is 0 Å². The van der Waals surface area contributed by atoms with Gasteiger partial charge in [-0.15, -0.1) is 0 Å². The molecule has 1 aromatic rings. The van der Waals surface area contributed by atoms with Crippen molar-refractivity contribution in [3.63, 3.8) is 0 Å². The summed E-state index contributed by atoms with van der Waals surface area (Å²) >= 11 is 0. The molecule has 0 saturated carbocycles. The second kappa shape index (κ2) is 4.84. The standard InChI is InChI=1S/C11H15F3N4O/c1-6-5-18-9(4-15-6)8(3-16-18)10(19)17-7(2)11(12,13)14/h3,6-7,15H,4-5H2,1-2H3,(H,17,19)/t6-,7+/m0/s1. The molecule has 0 bridgehead atoms. The van der Waals surface area contributed by atoms with Crippen LogP contribution in [0.15, 0.2) is 6.20 Å². The van der Waals surface area contributed by atoms with E-state index in [9.17, 15) is 18.0 Å². The highest BCUT2D eigenvalue weighted by Crippen LogP contribution is 2.20. The Morgan fingerprint density at radius 3 is 2.95 bits per heavy atom. The third-order valence-corrected chi connectivity index (χ3v) is 3.10. The molecule has 2 atom stereocenters. The zero-order chi connectivity index (χ0) is 14.2. The molecule has 106 valence electrons. The van der Waals surface area contributed by atoms with E-state index in [1.165, 1.54) is 6.20 Å². The van der Waals surface area contributed by atoms with Crippen molar-refractivity contribution in [3.05, 3.63) is 17.5 Å². The Morgan fingerprint density at radius 1 is 1.63 bits per heavy atom. The van der Waals surface area contributed by atoms with Crippen molar-refractivity contribution in [2.45, 2.75) is 45.2 Å². The van der Waals surface area contributed by atoms with Crippen LogP contribution in [0.2, 0.25) is 0 Å². The van der Waals surface area contributed by atoms with Crippen molar-refractivity contribution < 1.29 is 18.0 Å². The number of alkyl halides is 3. The number of halogens is 3. The number of rotatable bonds is 2. The molecular formula is C11H15F3N4O. The van der Waals surface area contributed by atoms with Gasteiger partial charge in [-0.25, -0.2) is 0 Å². The van der Waals surface area contributed by atoms with E-state index in [-0.39, 0.29) is 11.6 Å². The summed E-state index contributed by atoms with van der Waals surface area (Å²) in [4.78, 5) is 11.8. The maximum Gasteiger partial charge on any atom is 0.408 e. The zero-order valence-electron chi connectivity index (χ0n) is 10.6. The lowest BCUT2D eigenvalue weighted by atomic mass is 10.1. The summed E-state index contributed by atoms with van der Waals surface area (Å²) < 4.78 is 38.8. The molecule has 0 aromatic carbocycles. The Hall–Kier alpha value is -1.57. The second-order valence-electron chi connectivity index (χ2n) is 4.71. The molecule has 0 unspecified atom stereocenters. The molecule has 1 amide bonds. The molecule has 19 heavy (non-hydrogen) atoms. The fraction of sp³-hybridized carbons (Fsp3) is 0.636. The van der Waals surface area contributed by atoms with Crippen LogP contribution in [0.1, 0.15) is 29.9 Å². The van der Waals surface area contributed by atoms with Gasteiger partial charge < -0.3 is 10.6 Å². The van der Waals surface area contributed by atoms with E-state index in [1.807, 2.05) is 12.2 Å². The Bertz CT molecular complexity index is 483. The van der Waals surface area contributed by atoms with E-state index in [2.05, 4.69) is 10.4 Å². The number of nitrogens with zero attached hydrogens (tertiary/aromatic N) is 2. The number of carbonyl (C=O) groups is 1. The van der Waals surface area contributed by atoms with Crippen molar-refractivity contribution in [3.8, 4) is 0 Å². The third-order valence-electron chi connectivity index (χ3n) is 3.10. The molecule has 1 aliphatic rings. The minimum Gasteiger partial charge on any atom is -0.340 e. The minimum absolute atomic E-state index is 0.190. The van der Waals surface area contributed by atoms with Crippen LogP contribution >= 0.6 is 0 Å². The van der Waals surface area contributed by atoms with Crippen molar-refractivity contribution in [1.29, 1.82) is 0 Å². The van der Waals surface area contributed by atoms with Crippen molar-refractivity contribution in [1.82, 2.24) is 20.4 Å². The highest BCUT2D eigenvalue weighted by atomic mass is 19.4. The lowest BCUT2D eigenvalue weighted by Gasteiger charge is -2.23. The molecule has 0 fully saturated rings. The first-order chi connectivity index (χ1) is 8.79. The summed E-state index contributed by atoms with van der Waals surface area (Å²) in [7, 11) is 0. The predicted molar refractivity (Wildman–Crippen MR) is 61.5 cm³/mol. The summed E-state index contributed by atoms with van der Waals surface area (Å²) in [6, 6.07) is -1.66. The van der Waals surface area contributed by atoms with E-state index >= 15 is 0 Å². The van der Waals surface area contributed by atoms with Crippen LogP contribution in [-0.4, -0.2) is 33.9 Å². The summed E-state index contributed by atoms with van der Waals surface area (Å²) in [5, 5.41) is 9.11. The highest BCUT2D eigenvalue weighted by molar-refractivity contribution is 5.95. The Labute approximate surface area is 108 Å². The largest absolute Gasteiger partial charge is 0.408 e. The molecule has 2 heterocycles. The van der Waals surface area contributed by atoms with Crippen LogP contribution in [0.4, 0.5) is 13.2 Å². The molecule has 1 aromatic heterocycles. The SMILES string of the molecule is C[C@H]1Cn2ncc(C(=O)N[C@H](C)C(F)(F)F)c2CN1. The summed E-state index contributed by atoms with van der Waals surface area (Å²) in [6.07, 6.45) is -3.14. The number of nitrogens with one attached hydrogen (secondary N) is 2. The van der Waals surface area contributed by atoms with Gasteiger partial charge >= 0.3 is 6.18 Å². The van der Waals surface area contributed by atoms with Crippen LogP contribution in [-0.2, 0) is 13.1 Å². The van der Waals surface area contributed by atoms with E-state index in [0.29, 0.717) is 18.8 Å². The highest BCUT2D eigenvalue weighted by Gasteiger charge is 2.37. The maximum atomic E-state index is 12.4. The number of amides is 1. The maximum absolute atomic E-state index is 12.4. The fourth-order valence-electron chi connectivity index (χ4n) is 1.90. The number of hydrogen-bond donors (Lipinski definition) is 2. The van der Waals surface area contributed by atoms with Crippen molar-refractivity contribution in [2.75, 3.05) is 0 Å². The monoisotopic (exact) mass is 276 g/mol. The van der Waals surface area contributed by atoms with Gasteiger partial charge in [0.05, 0.1) is 24.0 Å². The van der Waals surface area contributed by atoms with Crippen LogP contribution in [0.5, 0.6) is 0 Å². The van der Waals surface area contributed by atoms with Gasteiger partial charge in [0.15, 0.2) is 0 Å². The molecule has 5 nitrogen and oxygen atoms in total. The molecule has 0 radical (unpaired) electrons. The average molecular weight is 276 g/mol. The van der Waals surface area contributed by atoms with Crippen LogP contribution in [0.25, 0.3) is 0 Å². The molecule has 8 heteroatoms. The fourth-order valence-corrected chi connectivity index (χ4v) is 1.90. The molecule has 0 aliphatic carbocycles. The van der Waals surface area contributed by atoms with E-state index in [1.54, 1.807) is 4.68 Å². The summed E-state index contributed by atoms with van der Waals surface area (Å²) in [5.41, 5.74) is 0.806. The molecule has 0 spiro atoms. The Morgan fingerprint density at radius 2 is 2.32 bits per heavy atom. The molecule has 0 saturated heterocycles. The number of aromatic nitrogens is 2. The van der Waals surface area contributed by atoms with Crippen LogP contribution < -0.4 is 10.6 Å². The Balaban J connectivity index is 2.13. The van der Waals surface area contributed by atoms with Gasteiger partial charge in [0.2, 0.25) is 0 Å². The van der Waals surface area contributed by atoms with E-state index in [4.69, 9.17) is 0 Å². The molecule has 2 rings (SSSR count). The first-order valence-corrected chi connectivity index (χ1v) is 5.94.